The van der Waals surface area contributed by atoms with Crippen molar-refractivity contribution in [3.63, 3.8) is 0 Å². The summed E-state index contributed by atoms with van der Waals surface area (Å²) in [4.78, 5) is 21.1. The summed E-state index contributed by atoms with van der Waals surface area (Å²) in [5.41, 5.74) is 1.50. The minimum Gasteiger partial charge on any atom is -0.455 e. The molecule has 3 aromatic rings. The maximum Gasteiger partial charge on any atom is 0.359 e. The van der Waals surface area contributed by atoms with Crippen LogP contribution < -0.4 is 0 Å². The zero-order valence-corrected chi connectivity index (χ0v) is 13.8. The fourth-order valence-corrected chi connectivity index (χ4v) is 3.48. The molecule has 0 saturated carbocycles. The molecule has 0 bridgehead atoms. The van der Waals surface area contributed by atoms with E-state index in [1.807, 2.05) is 36.8 Å². The van der Waals surface area contributed by atoms with Crippen LogP contribution in [0.2, 0.25) is 0 Å². The van der Waals surface area contributed by atoms with Crippen molar-refractivity contribution in [2.24, 2.45) is 0 Å². The van der Waals surface area contributed by atoms with Crippen LogP contribution in [0.3, 0.4) is 0 Å². The van der Waals surface area contributed by atoms with Gasteiger partial charge in [-0.3, -0.25) is 4.57 Å². The number of aromatic nitrogens is 5. The van der Waals surface area contributed by atoms with E-state index in [-0.39, 0.29) is 0 Å². The Balaban J connectivity index is 1.86. The summed E-state index contributed by atoms with van der Waals surface area (Å²) < 4.78 is 9.18. The van der Waals surface area contributed by atoms with Crippen molar-refractivity contribution in [1.29, 1.82) is 0 Å². The van der Waals surface area contributed by atoms with E-state index in [4.69, 9.17) is 4.74 Å². The highest BCUT2D eigenvalue weighted by molar-refractivity contribution is 7.13. The number of ether oxygens (including phenoxy) is 1. The van der Waals surface area contributed by atoms with Crippen LogP contribution in [0.25, 0.3) is 16.4 Å². The van der Waals surface area contributed by atoms with Crippen LogP contribution in [0.15, 0.2) is 24.1 Å². The molecule has 0 fully saturated rings. The number of esters is 1. The molecule has 0 atom stereocenters. The van der Waals surface area contributed by atoms with Crippen LogP contribution >= 0.6 is 11.3 Å². The van der Waals surface area contributed by atoms with Crippen LogP contribution in [0, 0.1) is 0 Å². The molecule has 8 heteroatoms. The molecule has 0 aliphatic carbocycles. The summed E-state index contributed by atoms with van der Waals surface area (Å²) in [6.45, 7) is 5.94. The quantitative estimate of drug-likeness (QED) is 0.502. The lowest BCUT2D eigenvalue weighted by Crippen LogP contribution is -2.25. The van der Waals surface area contributed by atoms with Crippen molar-refractivity contribution >= 4 is 17.3 Å². The number of fused-ring (bicyclic) bond motifs is 5. The summed E-state index contributed by atoms with van der Waals surface area (Å²) in [5.74, 6) is 0.369. The first kappa shape index (κ1) is 14.1. The van der Waals surface area contributed by atoms with Crippen LogP contribution in [-0.4, -0.2) is 35.9 Å². The molecular weight excluding hydrogens is 314 g/mol. The van der Waals surface area contributed by atoms with Crippen molar-refractivity contribution in [1.82, 2.24) is 24.3 Å². The van der Waals surface area contributed by atoms with E-state index in [1.165, 1.54) is 6.33 Å². The molecule has 4 heterocycles. The molecule has 0 N–H and O–H groups in total. The SMILES string of the molecule is CC(C)(C)OC(=O)c1ncn2c1Cn1ncnc1-c1ccsc1-2. The Morgan fingerprint density at radius 3 is 2.96 bits per heavy atom. The molecule has 3 aromatic heterocycles. The maximum absolute atomic E-state index is 12.5. The summed E-state index contributed by atoms with van der Waals surface area (Å²) in [6.07, 6.45) is 3.19. The first-order chi connectivity index (χ1) is 10.9. The van der Waals surface area contributed by atoms with Crippen LogP contribution in [0.5, 0.6) is 0 Å². The van der Waals surface area contributed by atoms with E-state index < -0.39 is 11.6 Å². The third-order valence-corrected chi connectivity index (χ3v) is 4.39. The van der Waals surface area contributed by atoms with Gasteiger partial charge in [-0.15, -0.1) is 11.3 Å². The third kappa shape index (κ3) is 2.26. The molecule has 1 aliphatic rings. The van der Waals surface area contributed by atoms with Crippen molar-refractivity contribution in [2.45, 2.75) is 32.9 Å². The van der Waals surface area contributed by atoms with Crippen molar-refractivity contribution < 1.29 is 9.53 Å². The monoisotopic (exact) mass is 329 g/mol. The lowest BCUT2D eigenvalue weighted by Gasteiger charge is -2.19. The molecule has 1 aliphatic heterocycles. The molecule has 0 aromatic carbocycles. The summed E-state index contributed by atoms with van der Waals surface area (Å²) in [6, 6.07) is 2.00. The smallest absolute Gasteiger partial charge is 0.359 e. The minimum atomic E-state index is -0.565. The normalized spacial score (nSPS) is 13.0. The van der Waals surface area contributed by atoms with E-state index in [0.717, 1.165) is 22.1 Å². The zero-order valence-electron chi connectivity index (χ0n) is 13.0. The van der Waals surface area contributed by atoms with Gasteiger partial charge in [0.25, 0.3) is 0 Å². The number of carbonyl (C=O) groups excluding carboxylic acids is 1. The van der Waals surface area contributed by atoms with Gasteiger partial charge in [0, 0.05) is 0 Å². The van der Waals surface area contributed by atoms with Crippen LogP contribution in [-0.2, 0) is 11.3 Å². The topological polar surface area (TPSA) is 74.8 Å². The molecule has 118 valence electrons. The van der Waals surface area contributed by atoms with Gasteiger partial charge >= 0.3 is 5.97 Å². The average molecular weight is 329 g/mol. The van der Waals surface area contributed by atoms with Gasteiger partial charge in [-0.1, -0.05) is 0 Å². The Hall–Kier alpha value is -2.48. The Kier molecular flexibility index (Phi) is 2.92. The highest BCUT2D eigenvalue weighted by atomic mass is 32.1. The van der Waals surface area contributed by atoms with Crippen LogP contribution in [0.4, 0.5) is 0 Å². The van der Waals surface area contributed by atoms with E-state index in [1.54, 1.807) is 22.3 Å². The highest BCUT2D eigenvalue weighted by Gasteiger charge is 2.29. The van der Waals surface area contributed by atoms with Gasteiger partial charge in [-0.25, -0.2) is 19.4 Å². The van der Waals surface area contributed by atoms with Gasteiger partial charge in [-0.05, 0) is 32.2 Å². The number of hydrogen-bond donors (Lipinski definition) is 0. The van der Waals surface area contributed by atoms with Gasteiger partial charge in [0.15, 0.2) is 11.5 Å². The minimum absolute atomic E-state index is 0.322. The van der Waals surface area contributed by atoms with E-state index >= 15 is 0 Å². The molecule has 0 radical (unpaired) electrons. The second kappa shape index (κ2) is 4.76. The predicted molar refractivity (Wildman–Crippen MR) is 84.7 cm³/mol. The number of thiophene rings is 1. The average Bonchev–Trinajstić information content (AvgIpc) is 3.14. The third-order valence-electron chi connectivity index (χ3n) is 3.48. The molecule has 23 heavy (non-hydrogen) atoms. The molecule has 0 saturated heterocycles. The molecule has 0 amide bonds. The van der Waals surface area contributed by atoms with Gasteiger partial charge in [0.05, 0.1) is 17.8 Å². The number of imidazole rings is 1. The molecule has 0 unspecified atom stereocenters. The van der Waals surface area contributed by atoms with Gasteiger partial charge < -0.3 is 4.74 Å². The largest absolute Gasteiger partial charge is 0.455 e. The van der Waals surface area contributed by atoms with Crippen molar-refractivity contribution in [3.8, 4) is 16.4 Å². The fraction of sp³-hybridized carbons (Fsp3) is 0.333. The van der Waals surface area contributed by atoms with Crippen LogP contribution in [0.1, 0.15) is 37.0 Å². The summed E-state index contributed by atoms with van der Waals surface area (Å²) >= 11 is 1.58. The Labute approximate surface area is 136 Å². The maximum atomic E-state index is 12.5. The fourth-order valence-electron chi connectivity index (χ4n) is 2.59. The van der Waals surface area contributed by atoms with Crippen molar-refractivity contribution in [3.05, 3.63) is 35.5 Å². The lowest BCUT2D eigenvalue weighted by atomic mass is 10.2. The van der Waals surface area contributed by atoms with E-state index in [0.29, 0.717) is 12.2 Å². The molecular formula is C15H15N5O2S. The highest BCUT2D eigenvalue weighted by Crippen LogP contribution is 2.35. The van der Waals surface area contributed by atoms with Gasteiger partial charge in [-0.2, -0.15) is 5.10 Å². The summed E-state index contributed by atoms with van der Waals surface area (Å²) in [7, 11) is 0. The van der Waals surface area contributed by atoms with Gasteiger partial charge in [0.1, 0.15) is 23.3 Å². The van der Waals surface area contributed by atoms with Crippen molar-refractivity contribution in [2.75, 3.05) is 0 Å². The Morgan fingerprint density at radius 1 is 1.35 bits per heavy atom. The standard InChI is InChI=1S/C15H15N5O2S/c1-15(2,3)22-14(21)11-10-6-20-12(16-7-18-20)9-4-5-23-13(9)19(10)8-17-11/h4-5,7-8H,6H2,1-3H3. The Morgan fingerprint density at radius 2 is 2.17 bits per heavy atom. The first-order valence-electron chi connectivity index (χ1n) is 7.19. The second-order valence-corrected chi connectivity index (χ2v) is 7.19. The number of nitrogens with zero attached hydrogens (tertiary/aromatic N) is 5. The predicted octanol–water partition coefficient (Wildman–Crippen LogP) is 2.51. The number of hydrogen-bond acceptors (Lipinski definition) is 6. The summed E-state index contributed by atoms with van der Waals surface area (Å²) in [5, 5.41) is 7.24. The number of rotatable bonds is 1. The first-order valence-corrected chi connectivity index (χ1v) is 8.07. The van der Waals surface area contributed by atoms with Gasteiger partial charge in [0.2, 0.25) is 0 Å². The zero-order chi connectivity index (χ0) is 16.2. The molecule has 0 spiro atoms. The second-order valence-electron chi connectivity index (χ2n) is 6.29. The molecule has 4 rings (SSSR count). The van der Waals surface area contributed by atoms with E-state index in [9.17, 15) is 4.79 Å². The molecule has 7 nitrogen and oxygen atoms in total. The number of carbonyl (C=O) groups is 1. The van der Waals surface area contributed by atoms with E-state index in [2.05, 4.69) is 15.1 Å². The Bertz CT molecular complexity index is 899. The lowest BCUT2D eigenvalue weighted by molar-refractivity contribution is 0.00619.